The summed E-state index contributed by atoms with van der Waals surface area (Å²) in [5.74, 6) is -1.01. The van der Waals surface area contributed by atoms with E-state index in [1.54, 1.807) is 20.8 Å². The van der Waals surface area contributed by atoms with Crippen molar-refractivity contribution in [3.63, 3.8) is 0 Å². The van der Waals surface area contributed by atoms with Gasteiger partial charge in [-0.25, -0.2) is 4.79 Å². The van der Waals surface area contributed by atoms with Crippen LogP contribution in [0.4, 0.5) is 0 Å². The first-order valence-corrected chi connectivity index (χ1v) is 6.47. The van der Waals surface area contributed by atoms with Crippen LogP contribution >= 0.6 is 0 Å². The Hall–Kier alpha value is -1.10. The summed E-state index contributed by atoms with van der Waals surface area (Å²) in [5, 5.41) is 2.66. The van der Waals surface area contributed by atoms with Gasteiger partial charge in [-0.15, -0.1) is 0 Å². The molecule has 0 aromatic carbocycles. The molecule has 1 N–H and O–H groups in total. The number of esters is 1. The Morgan fingerprint density at radius 1 is 1.39 bits per heavy atom. The van der Waals surface area contributed by atoms with Gasteiger partial charge in [-0.05, 0) is 53.1 Å². The molecule has 0 bridgehead atoms. The highest BCUT2D eigenvalue weighted by Crippen LogP contribution is 2.14. The molecule has 1 aliphatic heterocycles. The number of carbonyl (C=O) groups excluding carboxylic acids is 2. The molecule has 1 aliphatic rings. The van der Waals surface area contributed by atoms with E-state index in [0.29, 0.717) is 12.5 Å². The first-order valence-electron chi connectivity index (χ1n) is 6.47. The first-order chi connectivity index (χ1) is 8.28. The molecule has 0 aromatic rings. The van der Waals surface area contributed by atoms with Crippen LogP contribution in [0, 0.1) is 5.92 Å². The Labute approximate surface area is 109 Å². The highest BCUT2D eigenvalue weighted by molar-refractivity contribution is 6.32. The third-order valence-corrected chi connectivity index (χ3v) is 2.86. The monoisotopic (exact) mass is 256 g/mol. The number of ether oxygens (including phenoxy) is 1. The smallest absolute Gasteiger partial charge is 0.397 e. The van der Waals surface area contributed by atoms with Crippen LogP contribution < -0.4 is 5.32 Å². The molecule has 0 radical (unpaired) electrons. The maximum Gasteiger partial charge on any atom is 0.397 e. The average molecular weight is 256 g/mol. The molecule has 1 atom stereocenters. The highest BCUT2D eigenvalue weighted by atomic mass is 16.6. The van der Waals surface area contributed by atoms with Crippen LogP contribution in [0.15, 0.2) is 0 Å². The Balaban J connectivity index is 2.30. The number of amides is 1. The minimum absolute atomic E-state index is 0.426. The summed E-state index contributed by atoms with van der Waals surface area (Å²) in [6.07, 6.45) is 2.24. The van der Waals surface area contributed by atoms with E-state index in [1.807, 2.05) is 0 Å². The summed E-state index contributed by atoms with van der Waals surface area (Å²) in [7, 11) is 2.07. The van der Waals surface area contributed by atoms with Crippen LogP contribution in [0.5, 0.6) is 0 Å². The van der Waals surface area contributed by atoms with Crippen LogP contribution in [-0.4, -0.2) is 49.1 Å². The highest BCUT2D eigenvalue weighted by Gasteiger charge is 2.24. The molecule has 1 heterocycles. The molecular formula is C13H24N2O3. The van der Waals surface area contributed by atoms with E-state index >= 15 is 0 Å². The van der Waals surface area contributed by atoms with Crippen molar-refractivity contribution in [3.05, 3.63) is 0 Å². The summed E-state index contributed by atoms with van der Waals surface area (Å²) in [6.45, 7) is 7.85. The van der Waals surface area contributed by atoms with Crippen LogP contribution in [-0.2, 0) is 14.3 Å². The van der Waals surface area contributed by atoms with Crippen molar-refractivity contribution < 1.29 is 14.3 Å². The lowest BCUT2D eigenvalue weighted by atomic mass is 9.98. The zero-order valence-corrected chi connectivity index (χ0v) is 11.8. The fraction of sp³-hybridized carbons (Fsp3) is 0.846. The minimum Gasteiger partial charge on any atom is -0.453 e. The zero-order valence-electron chi connectivity index (χ0n) is 11.8. The summed E-state index contributed by atoms with van der Waals surface area (Å²) < 4.78 is 5.00. The number of carbonyl (C=O) groups is 2. The van der Waals surface area contributed by atoms with Crippen molar-refractivity contribution in [1.82, 2.24) is 10.2 Å². The molecule has 104 valence electrons. The molecular weight excluding hydrogens is 232 g/mol. The number of nitrogens with one attached hydrogen (secondary N) is 1. The van der Waals surface area contributed by atoms with E-state index in [-0.39, 0.29) is 0 Å². The number of hydrogen-bond acceptors (Lipinski definition) is 4. The van der Waals surface area contributed by atoms with Crippen LogP contribution in [0.2, 0.25) is 0 Å². The quantitative estimate of drug-likeness (QED) is 0.586. The average Bonchev–Trinajstić information content (AvgIpc) is 2.23. The molecule has 5 heteroatoms. The summed E-state index contributed by atoms with van der Waals surface area (Å²) in [5.41, 5.74) is -0.626. The number of rotatable bonds is 2. The Morgan fingerprint density at radius 2 is 2.06 bits per heavy atom. The second-order valence-corrected chi connectivity index (χ2v) is 5.98. The Morgan fingerprint density at radius 3 is 2.61 bits per heavy atom. The van der Waals surface area contributed by atoms with Gasteiger partial charge in [0.15, 0.2) is 0 Å². The SMILES string of the molecule is CN1CCCC(CNC(=O)C(=O)OC(C)(C)C)C1. The molecule has 1 unspecified atom stereocenters. The van der Waals surface area contributed by atoms with Gasteiger partial charge in [0.2, 0.25) is 0 Å². The molecule has 1 fully saturated rings. The van der Waals surface area contributed by atoms with Gasteiger partial charge in [-0.3, -0.25) is 4.79 Å². The van der Waals surface area contributed by atoms with Gasteiger partial charge < -0.3 is 15.0 Å². The second kappa shape index (κ2) is 6.18. The number of hydrogen-bond donors (Lipinski definition) is 1. The summed E-state index contributed by atoms with van der Waals surface area (Å²) in [6, 6.07) is 0. The Bertz CT molecular complexity index is 310. The topological polar surface area (TPSA) is 58.6 Å². The summed E-state index contributed by atoms with van der Waals surface area (Å²) >= 11 is 0. The van der Waals surface area contributed by atoms with Gasteiger partial charge in [0, 0.05) is 13.1 Å². The van der Waals surface area contributed by atoms with Gasteiger partial charge in [0.25, 0.3) is 0 Å². The molecule has 18 heavy (non-hydrogen) atoms. The van der Waals surface area contributed by atoms with Gasteiger partial charge in [-0.2, -0.15) is 0 Å². The number of piperidine rings is 1. The number of nitrogens with zero attached hydrogens (tertiary/aromatic N) is 1. The van der Waals surface area contributed by atoms with E-state index in [0.717, 1.165) is 25.9 Å². The Kier molecular flexibility index (Phi) is 5.14. The summed E-state index contributed by atoms with van der Waals surface area (Å²) in [4.78, 5) is 25.2. The van der Waals surface area contributed by atoms with Crippen LogP contribution in [0.25, 0.3) is 0 Å². The largest absolute Gasteiger partial charge is 0.453 e. The molecule has 1 amide bonds. The van der Waals surface area contributed by atoms with E-state index < -0.39 is 17.5 Å². The molecule has 0 aromatic heterocycles. The third-order valence-electron chi connectivity index (χ3n) is 2.86. The van der Waals surface area contributed by atoms with Gasteiger partial charge in [0.05, 0.1) is 0 Å². The fourth-order valence-electron chi connectivity index (χ4n) is 2.07. The van der Waals surface area contributed by atoms with Gasteiger partial charge >= 0.3 is 11.9 Å². The predicted molar refractivity (Wildman–Crippen MR) is 69.1 cm³/mol. The standard InChI is InChI=1S/C13H24N2O3/c1-13(2,3)18-12(17)11(16)14-8-10-6-5-7-15(4)9-10/h10H,5-9H2,1-4H3,(H,14,16). The van der Waals surface area contributed by atoms with E-state index in [4.69, 9.17) is 4.74 Å². The lowest BCUT2D eigenvalue weighted by molar-refractivity contribution is -0.163. The molecule has 0 aliphatic carbocycles. The lowest BCUT2D eigenvalue weighted by Crippen LogP contribution is -2.42. The molecule has 0 saturated carbocycles. The van der Waals surface area contributed by atoms with Crippen molar-refractivity contribution >= 4 is 11.9 Å². The zero-order chi connectivity index (χ0) is 13.8. The van der Waals surface area contributed by atoms with Crippen molar-refractivity contribution in [3.8, 4) is 0 Å². The van der Waals surface area contributed by atoms with E-state index in [9.17, 15) is 9.59 Å². The van der Waals surface area contributed by atoms with E-state index in [1.165, 1.54) is 0 Å². The van der Waals surface area contributed by atoms with Crippen molar-refractivity contribution in [1.29, 1.82) is 0 Å². The fourth-order valence-corrected chi connectivity index (χ4v) is 2.07. The molecule has 0 spiro atoms. The van der Waals surface area contributed by atoms with Gasteiger partial charge in [0.1, 0.15) is 5.60 Å². The van der Waals surface area contributed by atoms with Crippen LogP contribution in [0.1, 0.15) is 33.6 Å². The second-order valence-electron chi connectivity index (χ2n) is 5.98. The molecule has 1 saturated heterocycles. The first kappa shape index (κ1) is 15.0. The molecule has 1 rings (SSSR count). The van der Waals surface area contributed by atoms with Crippen molar-refractivity contribution in [2.45, 2.75) is 39.2 Å². The maximum absolute atomic E-state index is 11.5. The minimum atomic E-state index is -0.799. The molecule has 5 nitrogen and oxygen atoms in total. The van der Waals surface area contributed by atoms with Gasteiger partial charge in [-0.1, -0.05) is 0 Å². The predicted octanol–water partition coefficient (Wildman–Crippen LogP) is 0.786. The van der Waals surface area contributed by atoms with Crippen molar-refractivity contribution in [2.75, 3.05) is 26.7 Å². The van der Waals surface area contributed by atoms with Crippen LogP contribution in [0.3, 0.4) is 0 Å². The normalized spacial score (nSPS) is 21.4. The van der Waals surface area contributed by atoms with Crippen molar-refractivity contribution in [2.24, 2.45) is 5.92 Å². The number of likely N-dealkylation sites (tertiary alicyclic amines) is 1. The third kappa shape index (κ3) is 5.49. The lowest BCUT2D eigenvalue weighted by Gasteiger charge is -2.29. The maximum atomic E-state index is 11.5. The van der Waals surface area contributed by atoms with E-state index in [2.05, 4.69) is 17.3 Å².